The van der Waals surface area contributed by atoms with Gasteiger partial charge in [0, 0.05) is 41.0 Å². The molecule has 1 heterocycles. The maximum Gasteiger partial charge on any atom is 0.198 e. The van der Waals surface area contributed by atoms with E-state index in [1.165, 1.54) is 26.0 Å². The van der Waals surface area contributed by atoms with Gasteiger partial charge in [-0.15, -0.1) is 0 Å². The van der Waals surface area contributed by atoms with E-state index < -0.39 is 92.8 Å². The maximum atomic E-state index is 13.5. The van der Waals surface area contributed by atoms with E-state index in [0.29, 0.717) is 0 Å². The first-order chi connectivity index (χ1) is 19.0. The van der Waals surface area contributed by atoms with Crippen molar-refractivity contribution in [2.45, 2.75) is 81.8 Å². The molecule has 3 aliphatic rings. The molecule has 0 saturated carbocycles. The molecule has 0 spiro atoms. The molecular formula is C30H31NO10. The smallest absolute Gasteiger partial charge is 0.198 e. The number of phenolic OH excluding ortho intramolecular Hbond substituents is 2. The number of nitrogens with two attached hydrogens (primary N) is 1. The molecule has 5 rings (SSSR count). The van der Waals surface area contributed by atoms with Gasteiger partial charge in [0.15, 0.2) is 34.3 Å². The minimum atomic E-state index is -2.61. The standard InChI is InChI=1S/C30H31NO10/c1-12(32)28(31)9-18(20-11-29(39,13(2)33)30(40,14(3)34)15(4)41-20)21-19(10-28)26(37)22-23(27(21)38)25(36)17-8-6-5-7-16(17)24(22)35/h5-8,15,18,20,37-40H,9-11,31H2,1-4H3/t15-,18?,20-,28?,29+,30+/m1/s1. The largest absolute Gasteiger partial charge is 0.507 e. The van der Waals surface area contributed by atoms with Gasteiger partial charge in [0.25, 0.3) is 0 Å². The number of aromatic hydroxyl groups is 2. The molecular weight excluding hydrogens is 534 g/mol. The van der Waals surface area contributed by atoms with Crippen LogP contribution < -0.4 is 5.73 Å². The third-order valence-corrected chi connectivity index (χ3v) is 9.27. The van der Waals surface area contributed by atoms with Crippen LogP contribution in [0.25, 0.3) is 0 Å². The second kappa shape index (κ2) is 9.12. The minimum Gasteiger partial charge on any atom is -0.507 e. The van der Waals surface area contributed by atoms with Crippen LogP contribution in [0.3, 0.4) is 0 Å². The van der Waals surface area contributed by atoms with Crippen molar-refractivity contribution in [3.63, 3.8) is 0 Å². The van der Waals surface area contributed by atoms with Gasteiger partial charge in [0.2, 0.25) is 0 Å². The summed E-state index contributed by atoms with van der Waals surface area (Å²) < 4.78 is 6.03. The molecule has 41 heavy (non-hydrogen) atoms. The van der Waals surface area contributed by atoms with Crippen molar-refractivity contribution in [2.24, 2.45) is 5.73 Å². The first-order valence-electron chi connectivity index (χ1n) is 13.2. The van der Waals surface area contributed by atoms with Crippen molar-refractivity contribution in [3.8, 4) is 11.5 Å². The fourth-order valence-electron chi connectivity index (χ4n) is 6.85. The average molecular weight is 566 g/mol. The number of aliphatic hydroxyl groups is 2. The molecule has 0 radical (unpaired) electrons. The van der Waals surface area contributed by atoms with Gasteiger partial charge < -0.3 is 30.9 Å². The summed E-state index contributed by atoms with van der Waals surface area (Å²) in [6.45, 7) is 4.57. The molecule has 1 aliphatic heterocycles. The number of fused-ring (bicyclic) bond motifs is 3. The zero-order chi connectivity index (χ0) is 30.4. The molecule has 0 bridgehead atoms. The Kier molecular flexibility index (Phi) is 6.39. The number of Topliss-reactive ketones (excluding diaryl/α,β-unsaturated/α-hetero) is 3. The molecule has 0 aromatic heterocycles. The topological polar surface area (TPSA) is 202 Å². The Balaban J connectivity index is 1.76. The molecule has 1 saturated heterocycles. The Morgan fingerprint density at radius 1 is 0.878 bits per heavy atom. The number of hydrogen-bond donors (Lipinski definition) is 5. The number of carbonyl (C=O) groups is 5. The second-order valence-corrected chi connectivity index (χ2v) is 11.5. The lowest BCUT2D eigenvalue weighted by Gasteiger charge is -2.52. The predicted molar refractivity (Wildman–Crippen MR) is 142 cm³/mol. The van der Waals surface area contributed by atoms with Crippen molar-refractivity contribution < 1.29 is 49.1 Å². The first-order valence-corrected chi connectivity index (χ1v) is 13.2. The monoisotopic (exact) mass is 565 g/mol. The van der Waals surface area contributed by atoms with Crippen LogP contribution in [0.5, 0.6) is 11.5 Å². The molecule has 6 N–H and O–H groups in total. The molecule has 2 aromatic carbocycles. The fourth-order valence-corrected chi connectivity index (χ4v) is 6.85. The van der Waals surface area contributed by atoms with E-state index in [9.17, 15) is 44.4 Å². The van der Waals surface area contributed by atoms with Gasteiger partial charge in [0.1, 0.15) is 17.3 Å². The normalized spacial score (nSPS) is 32.5. The highest BCUT2D eigenvalue weighted by Crippen LogP contribution is 2.54. The van der Waals surface area contributed by atoms with Crippen LogP contribution in [0, 0.1) is 0 Å². The van der Waals surface area contributed by atoms with Crippen molar-refractivity contribution >= 4 is 28.9 Å². The third kappa shape index (κ3) is 3.69. The van der Waals surface area contributed by atoms with Crippen LogP contribution in [0.15, 0.2) is 24.3 Å². The molecule has 216 valence electrons. The zero-order valence-corrected chi connectivity index (χ0v) is 23.0. The Bertz CT molecular complexity index is 1580. The third-order valence-electron chi connectivity index (χ3n) is 9.27. The summed E-state index contributed by atoms with van der Waals surface area (Å²) in [6.07, 6.45) is -3.78. The number of benzene rings is 2. The zero-order valence-electron chi connectivity index (χ0n) is 23.0. The number of ether oxygens (including phenoxy) is 1. The summed E-state index contributed by atoms with van der Waals surface area (Å²) in [5, 5.41) is 45.8. The lowest BCUT2D eigenvalue weighted by Crippen LogP contribution is -2.73. The van der Waals surface area contributed by atoms with Gasteiger partial charge >= 0.3 is 0 Å². The van der Waals surface area contributed by atoms with Crippen LogP contribution in [0.4, 0.5) is 0 Å². The molecule has 6 atom stereocenters. The predicted octanol–water partition coefficient (Wildman–Crippen LogP) is 1.01. The van der Waals surface area contributed by atoms with Crippen molar-refractivity contribution in [1.82, 2.24) is 0 Å². The fraction of sp³-hybridized carbons (Fsp3) is 0.433. The maximum absolute atomic E-state index is 13.5. The molecule has 1 fully saturated rings. The molecule has 11 nitrogen and oxygen atoms in total. The number of rotatable bonds is 4. The number of phenols is 2. The lowest BCUT2D eigenvalue weighted by atomic mass is 9.62. The van der Waals surface area contributed by atoms with Crippen LogP contribution >= 0.6 is 0 Å². The van der Waals surface area contributed by atoms with E-state index >= 15 is 0 Å². The van der Waals surface area contributed by atoms with Gasteiger partial charge in [-0.05, 0) is 34.1 Å². The van der Waals surface area contributed by atoms with E-state index in [1.807, 2.05) is 0 Å². The van der Waals surface area contributed by atoms with Crippen LogP contribution in [0.1, 0.15) is 89.4 Å². The Labute approximate surface area is 234 Å². The summed E-state index contributed by atoms with van der Waals surface area (Å²) in [5.41, 5.74) is -1.16. The van der Waals surface area contributed by atoms with E-state index in [-0.39, 0.29) is 35.1 Å². The van der Waals surface area contributed by atoms with E-state index in [4.69, 9.17) is 10.5 Å². The SMILES string of the molecule is CC(=O)C1(N)Cc2c(O)c3c(c(O)c2C([C@H]2C[C@](O)(C(C)=O)[C@](O)(C(C)=O)[C@@H](C)O2)C1)C(=O)c1ccccc1C3=O. The quantitative estimate of drug-likeness (QED) is 0.283. The van der Waals surface area contributed by atoms with Gasteiger partial charge in [-0.1, -0.05) is 24.3 Å². The van der Waals surface area contributed by atoms with Crippen LogP contribution in [-0.2, 0) is 25.5 Å². The van der Waals surface area contributed by atoms with Gasteiger partial charge in [-0.2, -0.15) is 0 Å². The highest BCUT2D eigenvalue weighted by molar-refractivity contribution is 6.30. The molecule has 11 heteroatoms. The summed E-state index contributed by atoms with van der Waals surface area (Å²) in [5.74, 6) is -6.05. The van der Waals surface area contributed by atoms with Crippen molar-refractivity contribution in [1.29, 1.82) is 0 Å². The summed E-state index contributed by atoms with van der Waals surface area (Å²) >= 11 is 0. The Morgan fingerprint density at radius 2 is 1.41 bits per heavy atom. The lowest BCUT2D eigenvalue weighted by molar-refractivity contribution is -0.253. The van der Waals surface area contributed by atoms with Crippen molar-refractivity contribution in [2.75, 3.05) is 0 Å². The highest BCUT2D eigenvalue weighted by Gasteiger charge is 2.65. The Hall–Kier alpha value is -3.77. The van der Waals surface area contributed by atoms with Crippen LogP contribution in [-0.4, -0.2) is 78.3 Å². The number of hydrogen-bond acceptors (Lipinski definition) is 11. The summed E-state index contributed by atoms with van der Waals surface area (Å²) in [4.78, 5) is 65.0. The van der Waals surface area contributed by atoms with Gasteiger partial charge in [-0.3, -0.25) is 24.0 Å². The van der Waals surface area contributed by atoms with Crippen molar-refractivity contribution in [3.05, 3.63) is 57.6 Å². The van der Waals surface area contributed by atoms with Crippen LogP contribution in [0.2, 0.25) is 0 Å². The number of carbonyl (C=O) groups excluding carboxylic acids is 5. The van der Waals surface area contributed by atoms with Gasteiger partial charge in [-0.25, -0.2) is 0 Å². The van der Waals surface area contributed by atoms with E-state index in [0.717, 1.165) is 13.8 Å². The van der Waals surface area contributed by atoms with E-state index in [1.54, 1.807) is 12.1 Å². The highest BCUT2D eigenvalue weighted by atomic mass is 16.5. The van der Waals surface area contributed by atoms with E-state index in [2.05, 4.69) is 0 Å². The minimum absolute atomic E-state index is 0.0273. The Morgan fingerprint density at radius 3 is 1.90 bits per heavy atom. The molecule has 2 unspecified atom stereocenters. The first kappa shape index (κ1) is 28.7. The molecule has 2 aromatic rings. The summed E-state index contributed by atoms with van der Waals surface area (Å²) in [7, 11) is 0. The summed E-state index contributed by atoms with van der Waals surface area (Å²) in [6, 6.07) is 5.96. The number of ketones is 5. The van der Waals surface area contributed by atoms with Gasteiger partial charge in [0.05, 0.1) is 28.9 Å². The molecule has 2 aliphatic carbocycles. The second-order valence-electron chi connectivity index (χ2n) is 11.5. The molecule has 0 amide bonds. The average Bonchev–Trinajstić information content (AvgIpc) is 2.91.